The van der Waals surface area contributed by atoms with Gasteiger partial charge in [-0.2, -0.15) is 0 Å². The molecular formula is C48H30N2S. The highest BCUT2D eigenvalue weighted by atomic mass is 32.1. The lowest BCUT2D eigenvalue weighted by atomic mass is 9.96. The number of hydrogen-bond acceptors (Lipinski definition) is 1. The quantitative estimate of drug-likeness (QED) is 0.177. The Balaban J connectivity index is 1.28. The van der Waals surface area contributed by atoms with Crippen molar-refractivity contribution in [3.05, 3.63) is 182 Å². The largest absolute Gasteiger partial charge is 0.309 e. The number of para-hydroxylation sites is 3. The van der Waals surface area contributed by atoms with Gasteiger partial charge in [0.05, 0.1) is 27.8 Å². The molecule has 0 N–H and O–H groups in total. The summed E-state index contributed by atoms with van der Waals surface area (Å²) in [5.74, 6) is 0. The Hall–Kier alpha value is -6.42. The number of thiophene rings is 1. The molecule has 11 rings (SSSR count). The Morgan fingerprint density at radius 3 is 1.63 bits per heavy atom. The molecule has 0 unspecified atom stereocenters. The van der Waals surface area contributed by atoms with E-state index in [4.69, 9.17) is 0 Å². The van der Waals surface area contributed by atoms with E-state index in [0.29, 0.717) is 0 Å². The molecule has 0 fully saturated rings. The van der Waals surface area contributed by atoms with Crippen molar-refractivity contribution in [2.24, 2.45) is 0 Å². The standard InChI is InChI=1S/C48H30N2S/c1-2-13-31(14-3-1)32-15-12-16-33(29-32)35-27-28-46-47(40-20-7-11-24-45(40)51-46)48(35)50-43-23-10-6-19-38(43)39-26-25-34(30-44(39)50)49-41-21-8-4-17-36(41)37-18-5-9-22-42(37)49/h1-30H. The maximum absolute atomic E-state index is 2.55. The molecule has 51 heavy (non-hydrogen) atoms. The van der Waals surface area contributed by atoms with E-state index < -0.39 is 0 Å². The minimum atomic E-state index is 1.15. The third kappa shape index (κ3) is 4.22. The van der Waals surface area contributed by atoms with E-state index in [1.807, 2.05) is 11.3 Å². The predicted molar refractivity (Wildman–Crippen MR) is 219 cm³/mol. The molecule has 2 nitrogen and oxygen atoms in total. The Labute approximate surface area is 298 Å². The maximum atomic E-state index is 2.55. The van der Waals surface area contributed by atoms with Gasteiger partial charge in [-0.25, -0.2) is 0 Å². The number of benzene rings is 8. The molecule has 238 valence electrons. The van der Waals surface area contributed by atoms with Crippen LogP contribution in [-0.4, -0.2) is 9.13 Å². The van der Waals surface area contributed by atoms with E-state index in [1.54, 1.807) is 0 Å². The maximum Gasteiger partial charge on any atom is 0.0633 e. The van der Waals surface area contributed by atoms with Gasteiger partial charge in [0.15, 0.2) is 0 Å². The zero-order valence-corrected chi connectivity index (χ0v) is 28.4. The minimum absolute atomic E-state index is 1.15. The smallest absolute Gasteiger partial charge is 0.0633 e. The third-order valence-electron chi connectivity index (χ3n) is 10.5. The van der Waals surface area contributed by atoms with Crippen LogP contribution < -0.4 is 0 Å². The summed E-state index contributed by atoms with van der Waals surface area (Å²) in [4.78, 5) is 0. The minimum Gasteiger partial charge on any atom is -0.309 e. The first-order chi connectivity index (χ1) is 25.3. The van der Waals surface area contributed by atoms with E-state index >= 15 is 0 Å². The summed E-state index contributed by atoms with van der Waals surface area (Å²) in [6, 6.07) is 66.7. The van der Waals surface area contributed by atoms with Gasteiger partial charge in [-0.15, -0.1) is 11.3 Å². The van der Waals surface area contributed by atoms with E-state index in [0.717, 1.165) is 5.69 Å². The number of fused-ring (bicyclic) bond motifs is 9. The van der Waals surface area contributed by atoms with Gasteiger partial charge in [-0.3, -0.25) is 0 Å². The van der Waals surface area contributed by atoms with E-state index in [-0.39, 0.29) is 0 Å². The normalized spacial score (nSPS) is 11.9. The third-order valence-corrected chi connectivity index (χ3v) is 11.7. The molecule has 0 bridgehead atoms. The molecule has 0 aliphatic carbocycles. The lowest BCUT2D eigenvalue weighted by Gasteiger charge is -2.17. The molecule has 3 aromatic heterocycles. The van der Waals surface area contributed by atoms with Crippen LogP contribution in [-0.2, 0) is 0 Å². The molecule has 0 saturated carbocycles. The fourth-order valence-electron chi connectivity index (χ4n) is 8.30. The molecule has 0 radical (unpaired) electrons. The van der Waals surface area contributed by atoms with Gasteiger partial charge in [0, 0.05) is 53.0 Å². The Morgan fingerprint density at radius 2 is 0.902 bits per heavy atom. The fourth-order valence-corrected chi connectivity index (χ4v) is 9.41. The first kappa shape index (κ1) is 28.4. The predicted octanol–water partition coefficient (Wildman–Crippen LogP) is 13.6. The lowest BCUT2D eigenvalue weighted by molar-refractivity contribution is 1.16. The van der Waals surface area contributed by atoms with Gasteiger partial charge in [-0.05, 0) is 65.2 Å². The van der Waals surface area contributed by atoms with Crippen molar-refractivity contribution in [3.8, 4) is 33.6 Å². The van der Waals surface area contributed by atoms with Crippen molar-refractivity contribution in [1.82, 2.24) is 9.13 Å². The van der Waals surface area contributed by atoms with Gasteiger partial charge < -0.3 is 9.13 Å². The van der Waals surface area contributed by atoms with Gasteiger partial charge in [-0.1, -0.05) is 133 Å². The Bertz CT molecular complexity index is 3090. The summed E-state index contributed by atoms with van der Waals surface area (Å²) < 4.78 is 7.57. The van der Waals surface area contributed by atoms with Crippen molar-refractivity contribution in [2.45, 2.75) is 0 Å². The lowest BCUT2D eigenvalue weighted by Crippen LogP contribution is -2.00. The van der Waals surface area contributed by atoms with Gasteiger partial charge in [0.2, 0.25) is 0 Å². The van der Waals surface area contributed by atoms with Crippen LogP contribution in [0.5, 0.6) is 0 Å². The highest BCUT2D eigenvalue weighted by Gasteiger charge is 2.22. The summed E-state index contributed by atoms with van der Waals surface area (Å²) in [5, 5.41) is 7.62. The van der Waals surface area contributed by atoms with Crippen LogP contribution >= 0.6 is 11.3 Å². The number of aromatic nitrogens is 2. The second-order valence-electron chi connectivity index (χ2n) is 13.3. The van der Waals surface area contributed by atoms with E-state index in [1.165, 1.54) is 91.7 Å². The number of hydrogen-bond donors (Lipinski definition) is 0. The second kappa shape index (κ2) is 11.0. The summed E-state index contributed by atoms with van der Waals surface area (Å²) >= 11 is 1.87. The summed E-state index contributed by atoms with van der Waals surface area (Å²) in [5.41, 5.74) is 12.0. The zero-order chi connectivity index (χ0) is 33.5. The molecule has 11 aromatic rings. The molecule has 0 atom stereocenters. The summed E-state index contributed by atoms with van der Waals surface area (Å²) in [6.07, 6.45) is 0. The highest BCUT2D eigenvalue weighted by molar-refractivity contribution is 7.25. The zero-order valence-electron chi connectivity index (χ0n) is 27.6. The topological polar surface area (TPSA) is 9.86 Å². The van der Waals surface area contributed by atoms with Crippen LogP contribution in [0.2, 0.25) is 0 Å². The molecular weight excluding hydrogens is 637 g/mol. The van der Waals surface area contributed by atoms with Crippen molar-refractivity contribution >= 4 is 75.1 Å². The van der Waals surface area contributed by atoms with E-state index in [2.05, 4.69) is 191 Å². The van der Waals surface area contributed by atoms with Crippen molar-refractivity contribution < 1.29 is 0 Å². The van der Waals surface area contributed by atoms with Gasteiger partial charge in [0.1, 0.15) is 0 Å². The van der Waals surface area contributed by atoms with Crippen LogP contribution in [0.3, 0.4) is 0 Å². The summed E-state index contributed by atoms with van der Waals surface area (Å²) in [7, 11) is 0. The Morgan fingerprint density at radius 1 is 0.333 bits per heavy atom. The molecule has 0 amide bonds. The van der Waals surface area contributed by atoms with Crippen molar-refractivity contribution in [2.75, 3.05) is 0 Å². The second-order valence-corrected chi connectivity index (χ2v) is 14.4. The molecule has 0 aliphatic heterocycles. The monoisotopic (exact) mass is 666 g/mol. The van der Waals surface area contributed by atoms with Crippen LogP contribution in [0.25, 0.3) is 97.4 Å². The highest BCUT2D eigenvalue weighted by Crippen LogP contribution is 2.46. The van der Waals surface area contributed by atoms with Gasteiger partial charge in [0.25, 0.3) is 0 Å². The van der Waals surface area contributed by atoms with Crippen LogP contribution in [0.15, 0.2) is 182 Å². The van der Waals surface area contributed by atoms with Crippen LogP contribution in [0.1, 0.15) is 0 Å². The van der Waals surface area contributed by atoms with Gasteiger partial charge >= 0.3 is 0 Å². The van der Waals surface area contributed by atoms with Crippen molar-refractivity contribution in [3.63, 3.8) is 0 Å². The SMILES string of the molecule is c1ccc(-c2cccc(-c3ccc4sc5ccccc5c4c3-n3c4ccccc4c4ccc(-n5c6ccccc6c6ccccc65)cc43)c2)cc1. The molecule has 0 spiro atoms. The average Bonchev–Trinajstić information content (AvgIpc) is 3.85. The summed E-state index contributed by atoms with van der Waals surface area (Å²) in [6.45, 7) is 0. The molecule has 0 aliphatic rings. The first-order valence-electron chi connectivity index (χ1n) is 17.4. The van der Waals surface area contributed by atoms with Crippen molar-refractivity contribution in [1.29, 1.82) is 0 Å². The first-order valence-corrected chi connectivity index (χ1v) is 18.3. The molecule has 0 saturated heterocycles. The number of nitrogens with zero attached hydrogens (tertiary/aromatic N) is 2. The average molecular weight is 667 g/mol. The molecule has 8 aromatic carbocycles. The molecule has 3 heteroatoms. The Kier molecular flexibility index (Phi) is 6.16. The van der Waals surface area contributed by atoms with Crippen LogP contribution in [0, 0.1) is 0 Å². The van der Waals surface area contributed by atoms with E-state index in [9.17, 15) is 0 Å². The fraction of sp³-hybridized carbons (Fsp3) is 0. The number of rotatable bonds is 4. The van der Waals surface area contributed by atoms with Crippen LogP contribution in [0.4, 0.5) is 0 Å². The molecule has 3 heterocycles.